The molecule has 0 saturated heterocycles. The quantitative estimate of drug-likeness (QED) is 0.299. The molecule has 0 unspecified atom stereocenters. The van der Waals surface area contributed by atoms with Crippen LogP contribution in [0, 0.1) is 0 Å². The third-order valence-electron chi connectivity index (χ3n) is 0. The SMILES string of the molecule is O=C[O-].[Cl-].[Zn+2].[Zn+2]. The van der Waals surface area contributed by atoms with Crippen molar-refractivity contribution in [1.29, 1.82) is 0 Å². The average Bonchev–Trinajstić information content (AvgIpc) is 0.918. The predicted molar refractivity (Wildman–Crippen MR) is 6.06 cm³/mol. The van der Waals surface area contributed by atoms with Crippen molar-refractivity contribution in [2.45, 2.75) is 0 Å². The van der Waals surface area contributed by atoms with Crippen LogP contribution in [0.4, 0.5) is 0 Å². The molecule has 0 radical (unpaired) electrons. The van der Waals surface area contributed by atoms with E-state index in [2.05, 4.69) is 0 Å². The van der Waals surface area contributed by atoms with Gasteiger partial charge in [-0.2, -0.15) is 0 Å². The van der Waals surface area contributed by atoms with Gasteiger partial charge in [-0.05, 0) is 0 Å². The maximum absolute atomic E-state index is 8.25. The van der Waals surface area contributed by atoms with E-state index in [1.54, 1.807) is 0 Å². The van der Waals surface area contributed by atoms with Crippen LogP contribution in [0.1, 0.15) is 0 Å². The molecule has 0 atom stereocenters. The maximum atomic E-state index is 8.25. The Balaban J connectivity index is -0.00000000667. The second-order valence-electron chi connectivity index (χ2n) is 0.0962. The van der Waals surface area contributed by atoms with E-state index in [9.17, 15) is 0 Å². The summed E-state index contributed by atoms with van der Waals surface area (Å²) in [5, 5.41) is 8.25. The minimum atomic E-state index is -0.500. The first kappa shape index (κ1) is 28.0. The van der Waals surface area contributed by atoms with Gasteiger partial charge in [0.1, 0.15) is 0 Å². The van der Waals surface area contributed by atoms with E-state index in [0.29, 0.717) is 0 Å². The fraction of sp³-hybridized carbons (Fsp3) is 0. The minimum absolute atomic E-state index is 0. The first-order valence-electron chi connectivity index (χ1n) is 0.471. The molecule has 0 aliphatic heterocycles. The van der Waals surface area contributed by atoms with Crippen LogP contribution in [-0.4, -0.2) is 6.47 Å². The number of hydrogen-bond acceptors (Lipinski definition) is 2. The first-order valence-corrected chi connectivity index (χ1v) is 0.471. The summed E-state index contributed by atoms with van der Waals surface area (Å²) in [5.74, 6) is 0. The molecule has 0 aromatic rings. The molecule has 0 aromatic carbocycles. The fourth-order valence-electron chi connectivity index (χ4n) is 0. The maximum Gasteiger partial charge on any atom is 2.00 e. The molecule has 0 aliphatic rings. The van der Waals surface area contributed by atoms with Crippen LogP contribution in [0.3, 0.4) is 0 Å². The van der Waals surface area contributed by atoms with E-state index in [-0.39, 0.29) is 51.4 Å². The van der Waals surface area contributed by atoms with Crippen LogP contribution in [0.5, 0.6) is 0 Å². The van der Waals surface area contributed by atoms with Gasteiger partial charge in [-0.15, -0.1) is 0 Å². The molecule has 0 rings (SSSR count). The Bertz CT molecular complexity index is 19.0. The Morgan fingerprint density at radius 2 is 1.33 bits per heavy atom. The number of hydrogen-bond donors (Lipinski definition) is 0. The van der Waals surface area contributed by atoms with Crippen LogP contribution in [0.15, 0.2) is 0 Å². The van der Waals surface area contributed by atoms with Gasteiger partial charge in [0.05, 0.1) is 0 Å². The van der Waals surface area contributed by atoms with E-state index >= 15 is 0 Å². The van der Waals surface area contributed by atoms with Crippen LogP contribution in [0.2, 0.25) is 0 Å². The predicted octanol–water partition coefficient (Wildman–Crippen LogP) is -4.63. The summed E-state index contributed by atoms with van der Waals surface area (Å²) in [6.07, 6.45) is 0. The summed E-state index contributed by atoms with van der Waals surface area (Å²) in [7, 11) is 0. The Hall–Kier alpha value is 1.01. The van der Waals surface area contributed by atoms with Crippen molar-refractivity contribution >= 4 is 6.47 Å². The molecular formula is CHClO2Zn2+2. The van der Waals surface area contributed by atoms with Crippen LogP contribution < -0.4 is 17.5 Å². The Morgan fingerprint density at radius 3 is 1.33 bits per heavy atom. The largest absolute Gasteiger partial charge is 2.00 e. The van der Waals surface area contributed by atoms with Gasteiger partial charge in [-0.3, -0.25) is 0 Å². The molecule has 0 bridgehead atoms. The Labute approximate surface area is 67.6 Å². The number of rotatable bonds is 0. The Kier molecular flexibility index (Phi) is 174. The van der Waals surface area contributed by atoms with Gasteiger partial charge in [0.25, 0.3) is 0 Å². The van der Waals surface area contributed by atoms with E-state index in [1.807, 2.05) is 0 Å². The van der Waals surface area contributed by atoms with Crippen LogP contribution in [-0.2, 0) is 43.8 Å². The fourth-order valence-corrected chi connectivity index (χ4v) is 0. The van der Waals surface area contributed by atoms with E-state index in [4.69, 9.17) is 9.90 Å². The molecule has 0 spiro atoms. The van der Waals surface area contributed by atoms with Gasteiger partial charge < -0.3 is 22.3 Å². The molecule has 0 fully saturated rings. The molecule has 0 N–H and O–H groups in total. The average molecular weight is 211 g/mol. The standard InChI is InChI=1S/CH2O2.ClH.2Zn/c2-1-3;;;/h1H,(H,2,3);1H;;/q;;2*+2/p-2. The first-order chi connectivity index (χ1) is 1.41. The number of carbonyl (C=O) groups is 1. The van der Waals surface area contributed by atoms with Gasteiger partial charge in [-0.1, -0.05) is 0 Å². The van der Waals surface area contributed by atoms with Crippen LogP contribution >= 0.6 is 0 Å². The van der Waals surface area contributed by atoms with Crippen molar-refractivity contribution in [1.82, 2.24) is 0 Å². The van der Waals surface area contributed by atoms with Gasteiger partial charge >= 0.3 is 39.0 Å². The zero-order chi connectivity index (χ0) is 2.71. The van der Waals surface area contributed by atoms with Gasteiger partial charge in [0.2, 0.25) is 0 Å². The van der Waals surface area contributed by atoms with Crippen molar-refractivity contribution in [2.75, 3.05) is 0 Å². The third kappa shape index (κ3) is 79.3. The zero-order valence-electron chi connectivity index (χ0n) is 3.19. The summed E-state index contributed by atoms with van der Waals surface area (Å²) in [5.41, 5.74) is 0. The molecule has 0 amide bonds. The van der Waals surface area contributed by atoms with E-state index in [0.717, 1.165) is 0 Å². The van der Waals surface area contributed by atoms with Crippen molar-refractivity contribution in [3.05, 3.63) is 0 Å². The molecule has 0 heterocycles. The summed E-state index contributed by atoms with van der Waals surface area (Å²) in [4.78, 5) is 8.25. The summed E-state index contributed by atoms with van der Waals surface area (Å²) in [6, 6.07) is 0. The monoisotopic (exact) mass is 208 g/mol. The number of carbonyl (C=O) groups excluding carboxylic acids is 1. The summed E-state index contributed by atoms with van der Waals surface area (Å²) in [6.45, 7) is -0.500. The molecule has 0 aromatic heterocycles. The molecular weight excluding hydrogens is 210 g/mol. The second-order valence-corrected chi connectivity index (χ2v) is 0.0962. The smallest absolute Gasteiger partial charge is 1.00 e. The van der Waals surface area contributed by atoms with E-state index in [1.165, 1.54) is 0 Å². The molecule has 0 saturated carbocycles. The van der Waals surface area contributed by atoms with E-state index < -0.39 is 6.47 Å². The molecule has 26 valence electrons. The van der Waals surface area contributed by atoms with Crippen molar-refractivity contribution in [3.63, 3.8) is 0 Å². The molecule has 5 heteroatoms. The van der Waals surface area contributed by atoms with Crippen molar-refractivity contribution < 1.29 is 61.3 Å². The molecule has 2 nitrogen and oxygen atoms in total. The van der Waals surface area contributed by atoms with Gasteiger partial charge in [0.15, 0.2) is 0 Å². The van der Waals surface area contributed by atoms with Crippen molar-refractivity contribution in [3.8, 4) is 0 Å². The molecule has 6 heavy (non-hydrogen) atoms. The zero-order valence-corrected chi connectivity index (χ0v) is 9.88. The van der Waals surface area contributed by atoms with Crippen LogP contribution in [0.25, 0.3) is 0 Å². The molecule has 0 aliphatic carbocycles. The minimum Gasteiger partial charge on any atom is -1.00 e. The number of carboxylic acid groups (broad SMARTS) is 1. The Morgan fingerprint density at radius 1 is 1.33 bits per heavy atom. The second kappa shape index (κ2) is 37.4. The topological polar surface area (TPSA) is 40.1 Å². The normalized spacial score (nSPS) is 2.00. The van der Waals surface area contributed by atoms with Gasteiger partial charge in [0, 0.05) is 6.47 Å². The van der Waals surface area contributed by atoms with Gasteiger partial charge in [-0.25, -0.2) is 0 Å². The van der Waals surface area contributed by atoms with Crippen molar-refractivity contribution in [2.24, 2.45) is 0 Å². The summed E-state index contributed by atoms with van der Waals surface area (Å²) < 4.78 is 0. The third-order valence-corrected chi connectivity index (χ3v) is 0. The summed E-state index contributed by atoms with van der Waals surface area (Å²) >= 11 is 0. The number of halogens is 1.